The second-order valence-electron chi connectivity index (χ2n) is 28.7. The molecule has 0 aliphatic heterocycles. The summed E-state index contributed by atoms with van der Waals surface area (Å²) in [6, 6.07) is 132. The topological polar surface area (TPSA) is 127 Å². The van der Waals surface area contributed by atoms with Crippen LogP contribution in [-0.4, -0.2) is 69.0 Å². The van der Waals surface area contributed by atoms with Crippen molar-refractivity contribution in [2.24, 2.45) is 0 Å². The summed E-state index contributed by atoms with van der Waals surface area (Å²) >= 11 is 0. The maximum atomic E-state index is 9.79. The molecular formula is C113H110N3O6P5. The van der Waals surface area contributed by atoms with Gasteiger partial charge in [0.2, 0.25) is 0 Å². The van der Waals surface area contributed by atoms with Gasteiger partial charge in [-0.15, -0.1) is 43.4 Å². The first-order chi connectivity index (χ1) is 63.9. The molecule has 0 radical (unpaired) electrons. The van der Waals surface area contributed by atoms with Crippen LogP contribution in [0.15, 0.2) is 381 Å². The molecule has 0 amide bonds. The standard InChI is InChI=1S/C39H33NO2.C38H31NO2.C33H29NO2.2CH6P2.CH5P/c1-27(26-40)28(2)29-10-12-30(13-11-29)31-14-16-33(17-15-31)38(32-8-6-5-7-9-32)39(34-18-22-36(41-3)23-19-34)35-20-24-37(42-4)25-21-35;1-27(26-39)36(28-10-6-4-7-11-28)30-14-16-31(17-15-30)37(29-12-8-5-9-13-29)38(32-18-22-34(40-2)23-19-32)33-20-24-35(41-3)25-21-33;1-23(22-34)24(2)25-10-12-27(13-11-25)32(26-8-6-5-7-9-26)33(28-14-18-30(35-3)19-15-28)29-16-20-31(36-4)21-17-29;2*1-3-2;1-2/h5-25H,1-4H3;4-25H,1-3H3;5-21H,1-4H3;2*3H,2H2,1H3;2H2,1H3/b28-27-;36-27-;24-23-;;;/i;;;3D;2*2TD. The van der Waals surface area contributed by atoms with Gasteiger partial charge in [0.1, 0.15) is 34.5 Å². The summed E-state index contributed by atoms with van der Waals surface area (Å²) in [6.45, 7) is 14.9. The molecule has 14 aromatic rings. The summed E-state index contributed by atoms with van der Waals surface area (Å²) in [5.41, 5.74) is 31.3. The zero-order chi connectivity index (χ0) is 95.0. The minimum absolute atomic E-state index is 0.454. The molecule has 5 atom stereocenters. The Kier molecular flexibility index (Phi) is 36.5. The van der Waals surface area contributed by atoms with Crippen LogP contribution in [0, 0.1) is 34.0 Å². The van der Waals surface area contributed by atoms with Gasteiger partial charge in [-0.3, -0.25) is 0 Å². The van der Waals surface area contributed by atoms with Crippen molar-refractivity contribution in [3.63, 3.8) is 0 Å². The van der Waals surface area contributed by atoms with Crippen molar-refractivity contribution in [1.82, 2.24) is 0 Å². The third-order valence-corrected chi connectivity index (χ3v) is 21.2. The van der Waals surface area contributed by atoms with Gasteiger partial charge in [0.05, 0.1) is 67.3 Å². The van der Waals surface area contributed by atoms with E-state index in [0.29, 0.717) is 13.8 Å². The van der Waals surface area contributed by atoms with E-state index in [4.69, 9.17) is 34.8 Å². The van der Waals surface area contributed by atoms with Crippen molar-refractivity contribution >= 4 is 93.5 Å². The molecule has 0 aromatic heterocycles. The molecule has 0 fully saturated rings. The van der Waals surface area contributed by atoms with Gasteiger partial charge in [0, 0.05) is 22.3 Å². The lowest BCUT2D eigenvalue weighted by molar-refractivity contribution is 0.414. The van der Waals surface area contributed by atoms with Gasteiger partial charge < -0.3 is 28.4 Å². The predicted octanol–water partition coefficient (Wildman–Crippen LogP) is 29.4. The average Bonchev–Trinajstić information content (AvgIpc) is 0.712. The van der Waals surface area contributed by atoms with E-state index >= 15 is 0 Å². The minimum Gasteiger partial charge on any atom is -0.497 e. The fourth-order valence-corrected chi connectivity index (χ4v) is 14.4. The monoisotopic (exact) mass is 1770 g/mol. The average molecular weight is 1770 g/mol. The zero-order valence-corrected chi connectivity index (χ0v) is 79.2. The Balaban J connectivity index is 0.000000209. The number of hydrogen-bond donors (Lipinski definition) is 0. The molecule has 0 aliphatic rings. The Labute approximate surface area is 770 Å². The largest absolute Gasteiger partial charge is 0.497 e. The summed E-state index contributed by atoms with van der Waals surface area (Å²) in [5, 5.41) is 28.4. The highest BCUT2D eigenvalue weighted by atomic mass is 32.0. The number of benzene rings is 14. The van der Waals surface area contributed by atoms with Crippen molar-refractivity contribution < 1.29 is 28.4 Å². The van der Waals surface area contributed by atoms with Crippen LogP contribution in [0.5, 0.6) is 34.5 Å². The fraction of sp³-hybridized carbons (Fsp3) is 0.124. The van der Waals surface area contributed by atoms with Crippen LogP contribution >= 0.6 is 43.4 Å². The highest BCUT2D eigenvalue weighted by Crippen LogP contribution is 2.44. The van der Waals surface area contributed by atoms with Crippen molar-refractivity contribution in [2.45, 2.75) is 34.6 Å². The lowest BCUT2D eigenvalue weighted by Gasteiger charge is -2.19. The molecule has 0 saturated carbocycles. The molecule has 0 heterocycles. The summed E-state index contributed by atoms with van der Waals surface area (Å²) in [5.74, 6) is 4.88. The summed E-state index contributed by atoms with van der Waals surface area (Å²) < 4.78 is 65.0. The first kappa shape index (κ1) is 90.2. The molecule has 0 saturated heterocycles. The third-order valence-electron chi connectivity index (χ3n) is 21.2. The van der Waals surface area contributed by atoms with Crippen molar-refractivity contribution in [2.75, 3.05) is 62.7 Å². The number of allylic oxidation sites excluding steroid dienone is 5. The Morgan fingerprint density at radius 2 is 0.409 bits per heavy atom. The smallest absolute Gasteiger partial charge is 0.118 e. The molecule has 0 spiro atoms. The molecule has 5 unspecified atom stereocenters. The van der Waals surface area contributed by atoms with Crippen LogP contribution in [0.4, 0.5) is 0 Å². The Bertz CT molecular complexity index is 6190. The molecule has 0 N–H and O–H groups in total. The number of ether oxygens (including phenoxy) is 6. The molecule has 0 aliphatic carbocycles. The van der Waals surface area contributed by atoms with Crippen molar-refractivity contribution in [3.05, 3.63) is 470 Å². The number of hydrogen-bond acceptors (Lipinski definition) is 9. The Morgan fingerprint density at radius 1 is 0.268 bits per heavy atom. The fourth-order valence-electron chi connectivity index (χ4n) is 14.4. The molecule has 9 nitrogen and oxygen atoms in total. The van der Waals surface area contributed by atoms with Gasteiger partial charge in [-0.1, -0.05) is 298 Å². The minimum atomic E-state index is -1.12. The van der Waals surface area contributed by atoms with E-state index in [1.807, 2.05) is 169 Å². The normalized spacial score (nSPS) is 12.2. The first-order valence-corrected chi connectivity index (χ1v) is 47.7. The van der Waals surface area contributed by atoms with E-state index in [9.17, 15) is 15.8 Å². The van der Waals surface area contributed by atoms with E-state index in [-0.39, 0.29) is 0 Å². The second kappa shape index (κ2) is 51.4. The van der Waals surface area contributed by atoms with Gasteiger partial charge >= 0.3 is 0 Å². The molecule has 127 heavy (non-hydrogen) atoms. The highest BCUT2D eigenvalue weighted by Gasteiger charge is 2.22. The lowest BCUT2D eigenvalue weighted by atomic mass is 9.85. The molecule has 14 rings (SSSR count). The second-order valence-corrected chi connectivity index (χ2v) is 32.6. The van der Waals surface area contributed by atoms with Crippen LogP contribution in [0.2, 0.25) is 0 Å². The number of nitriles is 3. The maximum Gasteiger partial charge on any atom is 0.118 e. The first-order valence-electron chi connectivity index (χ1n) is 43.3. The van der Waals surface area contributed by atoms with Crippen LogP contribution < -0.4 is 28.4 Å². The quantitative estimate of drug-likeness (QED) is 0.0330. The Hall–Kier alpha value is -13.1. The molecular weight excluding hydrogens is 1650 g/mol. The maximum absolute atomic E-state index is 9.79. The van der Waals surface area contributed by atoms with Gasteiger partial charge in [-0.2, -0.15) is 15.8 Å². The Morgan fingerprint density at radius 3 is 0.583 bits per heavy atom. The van der Waals surface area contributed by atoms with Gasteiger partial charge in [0.25, 0.3) is 0 Å². The highest BCUT2D eigenvalue weighted by molar-refractivity contribution is 8.02. The number of rotatable bonds is 24. The van der Waals surface area contributed by atoms with Crippen LogP contribution in [0.3, 0.4) is 0 Å². The molecule has 14 aromatic carbocycles. The summed E-state index contributed by atoms with van der Waals surface area (Å²) in [6.07, 6.45) is 0. The van der Waals surface area contributed by atoms with Crippen LogP contribution in [0.1, 0.15) is 124 Å². The number of methoxy groups -OCH3 is 6. The van der Waals surface area contributed by atoms with E-state index in [1.54, 1.807) is 49.3 Å². The van der Waals surface area contributed by atoms with Crippen molar-refractivity contribution in [1.29, 1.82) is 22.2 Å². The summed E-state index contributed by atoms with van der Waals surface area (Å²) in [7, 11) is 10.3. The van der Waals surface area contributed by atoms with E-state index in [0.717, 1.165) is 196 Å². The predicted molar refractivity (Wildman–Crippen MR) is 552 cm³/mol. The number of nitrogens with zero attached hydrogens (tertiary/aromatic N) is 3. The van der Waals surface area contributed by atoms with E-state index < -0.39 is 26.2 Å². The van der Waals surface area contributed by atoms with Crippen LogP contribution in [-0.2, 0) is 0 Å². The third kappa shape index (κ3) is 26.5. The van der Waals surface area contributed by atoms with Gasteiger partial charge in [-0.25, -0.2) is 0 Å². The zero-order valence-electron chi connectivity index (χ0n) is 79.4. The summed E-state index contributed by atoms with van der Waals surface area (Å²) in [4.78, 5) is 0. The SMILES string of the molecule is COc1ccc(C(=C(c2ccccc2)c2ccc(-c3ccc(/C(C)=C(/C)C#N)cc3)cc2)c2ccc(OC)cc2)cc1.COc1ccc(C(=C(c2ccccc2)c2ccc(/C(=C(/C)C#N)c3ccccc3)cc2)c2ccc(OC)cc2)cc1.COc1ccc(C(=C(c2ccccc2)c2ccc(/C(C)=C(/C)C#N)cc2)c2ccc(OC)cc2)cc1.[2H]P(C)P.[2H]P([3H])C.[2H]P([3H])PC. The lowest BCUT2D eigenvalue weighted by Crippen LogP contribution is -1.99. The van der Waals surface area contributed by atoms with Crippen molar-refractivity contribution in [3.8, 4) is 63.8 Å². The van der Waals surface area contributed by atoms with Gasteiger partial charge in [-0.05, 0) is 265 Å². The van der Waals surface area contributed by atoms with Gasteiger partial charge in [0.15, 0.2) is 0 Å². The van der Waals surface area contributed by atoms with Crippen LogP contribution in [0.25, 0.3) is 61.3 Å². The molecule has 14 heteroatoms. The molecule has 0 bridgehead atoms. The molecule has 638 valence electrons. The van der Waals surface area contributed by atoms with E-state index in [1.165, 1.54) is 0 Å². The van der Waals surface area contributed by atoms with E-state index in [2.05, 4.69) is 270 Å².